The van der Waals surface area contributed by atoms with Gasteiger partial charge in [-0.3, -0.25) is 4.79 Å². The Morgan fingerprint density at radius 2 is 1.78 bits per heavy atom. The van der Waals surface area contributed by atoms with Crippen LogP contribution in [-0.4, -0.2) is 31.6 Å². The highest BCUT2D eigenvalue weighted by Gasteiger charge is 2.62. The summed E-state index contributed by atoms with van der Waals surface area (Å²) >= 11 is 0. The number of ketones is 1. The van der Waals surface area contributed by atoms with Gasteiger partial charge in [0.05, 0.1) is 4.90 Å². The molecule has 0 spiro atoms. The van der Waals surface area contributed by atoms with Crippen molar-refractivity contribution in [2.75, 3.05) is 13.1 Å². The van der Waals surface area contributed by atoms with Crippen molar-refractivity contribution in [1.82, 2.24) is 4.31 Å². The van der Waals surface area contributed by atoms with Crippen LogP contribution < -0.4 is 0 Å². The third kappa shape index (κ3) is 4.80. The summed E-state index contributed by atoms with van der Waals surface area (Å²) in [5, 5.41) is 0. The Morgan fingerprint density at radius 1 is 1.11 bits per heavy atom. The minimum atomic E-state index is -3.44. The van der Waals surface area contributed by atoms with Gasteiger partial charge in [0.1, 0.15) is 5.78 Å². The maximum atomic E-state index is 12.9. The van der Waals surface area contributed by atoms with E-state index in [1.165, 1.54) is 25.7 Å². The first-order chi connectivity index (χ1) is 12.9. The van der Waals surface area contributed by atoms with E-state index < -0.39 is 10.0 Å². The van der Waals surface area contributed by atoms with Crippen molar-refractivity contribution in [2.24, 2.45) is 11.3 Å². The molecule has 2 atom stereocenters. The molecule has 2 unspecified atom stereocenters. The number of piperidine rings is 1. The van der Waals surface area contributed by atoms with Crippen LogP contribution >= 0.6 is 0 Å². The van der Waals surface area contributed by atoms with Crippen LogP contribution in [0.15, 0.2) is 29.2 Å². The zero-order chi connectivity index (χ0) is 19.5. The zero-order valence-corrected chi connectivity index (χ0v) is 17.6. The van der Waals surface area contributed by atoms with E-state index in [4.69, 9.17) is 0 Å². The number of sulfonamides is 1. The molecule has 150 valence electrons. The molecule has 1 saturated heterocycles. The van der Waals surface area contributed by atoms with Crippen LogP contribution in [0.4, 0.5) is 0 Å². The molecule has 5 heteroatoms. The number of carbonyl (C=O) groups is 1. The fourth-order valence-corrected chi connectivity index (χ4v) is 6.03. The first-order valence-electron chi connectivity index (χ1n) is 10.5. The van der Waals surface area contributed by atoms with E-state index >= 15 is 0 Å². The lowest BCUT2D eigenvalue weighted by molar-refractivity contribution is -0.120. The molecule has 1 aromatic rings. The van der Waals surface area contributed by atoms with E-state index in [-0.39, 0.29) is 5.41 Å². The number of fused-ring (bicyclic) bond motifs is 1. The van der Waals surface area contributed by atoms with Gasteiger partial charge in [0.15, 0.2) is 0 Å². The summed E-state index contributed by atoms with van der Waals surface area (Å²) in [6.07, 6.45) is 9.35. The molecular formula is C22H33NO3S. The lowest BCUT2D eigenvalue weighted by Crippen LogP contribution is -2.32. The molecule has 0 N–H and O–H groups in total. The number of carbonyl (C=O) groups excluding carboxylic acids is 1. The smallest absolute Gasteiger partial charge is 0.243 e. The first-order valence-corrected chi connectivity index (χ1v) is 11.9. The van der Waals surface area contributed by atoms with Gasteiger partial charge in [-0.15, -0.1) is 0 Å². The van der Waals surface area contributed by atoms with E-state index in [0.29, 0.717) is 42.5 Å². The van der Waals surface area contributed by atoms with Gasteiger partial charge >= 0.3 is 0 Å². The second kappa shape index (κ2) is 8.44. The van der Waals surface area contributed by atoms with Crippen LogP contribution in [0.1, 0.15) is 70.3 Å². The minimum Gasteiger partial charge on any atom is -0.300 e. The standard InChI is InChI=1S/C22H33NO3S/c1-3-4-5-6-7-8-9-20(24)15-22-14-19(22)16-23(17-22)27(25,26)21-12-10-18(2)11-13-21/h10-13,19H,3-9,14-17H2,1-2H3. The monoisotopic (exact) mass is 391 g/mol. The van der Waals surface area contributed by atoms with Gasteiger partial charge in [0, 0.05) is 25.9 Å². The van der Waals surface area contributed by atoms with Crippen molar-refractivity contribution in [3.8, 4) is 0 Å². The number of rotatable bonds is 11. The van der Waals surface area contributed by atoms with Crippen LogP contribution in [0.2, 0.25) is 0 Å². The van der Waals surface area contributed by atoms with Crippen molar-refractivity contribution in [2.45, 2.75) is 76.5 Å². The van der Waals surface area contributed by atoms with E-state index in [9.17, 15) is 13.2 Å². The van der Waals surface area contributed by atoms with E-state index in [1.807, 2.05) is 19.1 Å². The van der Waals surface area contributed by atoms with Crippen LogP contribution in [0.5, 0.6) is 0 Å². The lowest BCUT2D eigenvalue weighted by atomic mass is 9.95. The minimum absolute atomic E-state index is 0.0724. The number of benzene rings is 1. The molecule has 1 aromatic carbocycles. The summed E-state index contributed by atoms with van der Waals surface area (Å²) in [4.78, 5) is 12.8. The fourth-order valence-electron chi connectivity index (χ4n) is 4.44. The molecule has 1 aliphatic heterocycles. The summed E-state index contributed by atoms with van der Waals surface area (Å²) in [6, 6.07) is 7.04. The molecule has 0 aromatic heterocycles. The second-order valence-corrected chi connectivity index (χ2v) is 10.5. The molecule has 4 nitrogen and oxygen atoms in total. The Hall–Kier alpha value is -1.20. The number of aryl methyl sites for hydroxylation is 1. The number of hydrogen-bond donors (Lipinski definition) is 0. The third-order valence-electron chi connectivity index (χ3n) is 6.29. The number of Topliss-reactive ketones (excluding diaryl/α,β-unsaturated/α-hetero) is 1. The van der Waals surface area contributed by atoms with Crippen molar-refractivity contribution in [1.29, 1.82) is 0 Å². The van der Waals surface area contributed by atoms with Crippen LogP contribution in [0, 0.1) is 18.3 Å². The summed E-state index contributed by atoms with van der Waals surface area (Å²) in [6.45, 7) is 5.24. The average Bonchev–Trinajstić information content (AvgIpc) is 3.17. The van der Waals surface area contributed by atoms with Gasteiger partial charge in [-0.2, -0.15) is 4.31 Å². The quantitative estimate of drug-likeness (QED) is 0.513. The van der Waals surface area contributed by atoms with Gasteiger partial charge in [0.25, 0.3) is 0 Å². The maximum absolute atomic E-state index is 12.9. The second-order valence-electron chi connectivity index (χ2n) is 8.61. The molecule has 1 saturated carbocycles. The first kappa shape index (κ1) is 20.5. The normalized spacial score (nSPS) is 24.7. The van der Waals surface area contributed by atoms with Crippen molar-refractivity contribution < 1.29 is 13.2 Å². The molecule has 27 heavy (non-hydrogen) atoms. The molecule has 3 rings (SSSR count). The summed E-state index contributed by atoms with van der Waals surface area (Å²) < 4.78 is 27.4. The van der Waals surface area contributed by atoms with Crippen molar-refractivity contribution in [3.05, 3.63) is 29.8 Å². The molecule has 1 heterocycles. The van der Waals surface area contributed by atoms with Crippen LogP contribution in [0.25, 0.3) is 0 Å². The Balaban J connectivity index is 1.49. The summed E-state index contributed by atoms with van der Waals surface area (Å²) in [5.41, 5.74) is 0.979. The molecule has 1 aliphatic carbocycles. The Morgan fingerprint density at radius 3 is 2.48 bits per heavy atom. The van der Waals surface area contributed by atoms with E-state index in [2.05, 4.69) is 6.92 Å². The number of unbranched alkanes of at least 4 members (excludes halogenated alkanes) is 5. The topological polar surface area (TPSA) is 54.5 Å². The highest BCUT2D eigenvalue weighted by Crippen LogP contribution is 2.61. The zero-order valence-electron chi connectivity index (χ0n) is 16.7. The predicted octanol–water partition coefficient (Wildman–Crippen LogP) is 4.72. The van der Waals surface area contributed by atoms with E-state index in [0.717, 1.165) is 24.8 Å². The molecule has 0 radical (unpaired) electrons. The number of nitrogens with zero attached hydrogens (tertiary/aromatic N) is 1. The van der Waals surface area contributed by atoms with Gasteiger partial charge in [-0.25, -0.2) is 8.42 Å². The highest BCUT2D eigenvalue weighted by molar-refractivity contribution is 7.89. The average molecular weight is 392 g/mol. The Kier molecular flexibility index (Phi) is 6.42. The largest absolute Gasteiger partial charge is 0.300 e. The van der Waals surface area contributed by atoms with Gasteiger partial charge < -0.3 is 0 Å². The molecule has 2 aliphatic rings. The number of hydrogen-bond acceptors (Lipinski definition) is 3. The molecule has 0 amide bonds. The van der Waals surface area contributed by atoms with Gasteiger partial charge in [0.2, 0.25) is 10.0 Å². The molecule has 0 bridgehead atoms. The highest BCUT2D eigenvalue weighted by atomic mass is 32.2. The summed E-state index contributed by atoms with van der Waals surface area (Å²) in [7, 11) is -3.44. The Labute approximate surface area is 164 Å². The van der Waals surface area contributed by atoms with Gasteiger partial charge in [-0.05, 0) is 43.2 Å². The van der Waals surface area contributed by atoms with Crippen molar-refractivity contribution in [3.63, 3.8) is 0 Å². The fraction of sp³-hybridized carbons (Fsp3) is 0.682. The van der Waals surface area contributed by atoms with Crippen LogP contribution in [-0.2, 0) is 14.8 Å². The molecule has 2 fully saturated rings. The third-order valence-corrected chi connectivity index (χ3v) is 8.12. The summed E-state index contributed by atoms with van der Waals surface area (Å²) in [5.74, 6) is 0.689. The van der Waals surface area contributed by atoms with E-state index in [1.54, 1.807) is 16.4 Å². The van der Waals surface area contributed by atoms with Gasteiger partial charge in [-0.1, -0.05) is 56.7 Å². The SMILES string of the molecule is CCCCCCCCC(=O)CC12CC1CN(S(=O)(=O)c1ccc(C)cc1)C2. The molecular weight excluding hydrogens is 358 g/mol. The predicted molar refractivity (Wildman–Crippen MR) is 108 cm³/mol. The maximum Gasteiger partial charge on any atom is 0.243 e. The van der Waals surface area contributed by atoms with Crippen LogP contribution in [0.3, 0.4) is 0 Å². The Bertz CT molecular complexity index is 756. The van der Waals surface area contributed by atoms with Crippen molar-refractivity contribution >= 4 is 15.8 Å². The lowest BCUT2D eigenvalue weighted by Gasteiger charge is -2.20.